The third-order valence-corrected chi connectivity index (χ3v) is 5.48. The van der Waals surface area contributed by atoms with Crippen LogP contribution in [0.1, 0.15) is 27.2 Å². The Morgan fingerprint density at radius 1 is 1.43 bits per heavy atom. The van der Waals surface area contributed by atoms with Crippen molar-refractivity contribution in [1.29, 1.82) is 0 Å². The summed E-state index contributed by atoms with van der Waals surface area (Å²) in [5, 5.41) is 0. The third kappa shape index (κ3) is 4.66. The van der Waals surface area contributed by atoms with Gasteiger partial charge in [0.15, 0.2) is 0 Å². The van der Waals surface area contributed by atoms with Gasteiger partial charge in [0.25, 0.3) is 0 Å². The molecule has 0 N–H and O–H groups in total. The van der Waals surface area contributed by atoms with E-state index < -0.39 is 0 Å². The molecule has 0 aromatic rings. The molecule has 0 spiro atoms. The van der Waals surface area contributed by atoms with E-state index in [-0.39, 0.29) is 21.1 Å². The van der Waals surface area contributed by atoms with E-state index in [9.17, 15) is 0 Å². The van der Waals surface area contributed by atoms with Crippen molar-refractivity contribution in [3.05, 3.63) is 0 Å². The van der Waals surface area contributed by atoms with Crippen molar-refractivity contribution in [1.82, 2.24) is 0 Å². The molecule has 0 saturated heterocycles. The van der Waals surface area contributed by atoms with Gasteiger partial charge >= 0.3 is 56.7 Å². The Kier molecular flexibility index (Phi) is 5.51. The van der Waals surface area contributed by atoms with Crippen molar-refractivity contribution in [3.63, 3.8) is 0 Å². The first-order valence-corrected chi connectivity index (χ1v) is 6.71. The molecule has 7 heavy (non-hydrogen) atoms. The van der Waals surface area contributed by atoms with Crippen LogP contribution in [-0.2, 0) is 0 Å². The van der Waals surface area contributed by atoms with Crippen LogP contribution < -0.4 is 0 Å². The Morgan fingerprint density at radius 3 is 2.14 bits per heavy atom. The second-order valence-corrected chi connectivity index (χ2v) is 7.86. The van der Waals surface area contributed by atoms with E-state index in [4.69, 9.17) is 0 Å². The fourth-order valence-corrected chi connectivity index (χ4v) is 3.31. The van der Waals surface area contributed by atoms with E-state index in [1.807, 2.05) is 0 Å². The number of rotatable bonds is 3. The van der Waals surface area contributed by atoms with Crippen LogP contribution in [0.5, 0.6) is 0 Å². The maximum atomic E-state index is 2.38. The Balaban J connectivity index is 2.83. The van der Waals surface area contributed by atoms with Gasteiger partial charge in [0.2, 0.25) is 0 Å². The van der Waals surface area contributed by atoms with Crippen LogP contribution in [0.15, 0.2) is 0 Å². The number of hydrogen-bond donors (Lipinski definition) is 0. The molecule has 0 fully saturated rings. The fraction of sp³-hybridized carbons (Fsp3) is 1.00. The minimum absolute atomic E-state index is 0.110. The summed E-state index contributed by atoms with van der Waals surface area (Å²) in [4.78, 5) is 0. The summed E-state index contributed by atoms with van der Waals surface area (Å²) >= 11 is 0.110. The minimum atomic E-state index is 0.110. The summed E-state index contributed by atoms with van der Waals surface area (Å²) < 4.78 is 2.63. The first-order chi connectivity index (χ1) is 3.31. The maximum absolute atomic E-state index is 2.38. The zero-order valence-electron chi connectivity index (χ0n) is 5.49. The molecule has 0 saturated carbocycles. The van der Waals surface area contributed by atoms with Crippen LogP contribution in [0.3, 0.4) is 0 Å². The van der Waals surface area contributed by atoms with Crippen LogP contribution in [0.2, 0.25) is 8.37 Å². The van der Waals surface area contributed by atoms with Gasteiger partial charge < -0.3 is 0 Å². The van der Waals surface area contributed by atoms with E-state index in [1.165, 1.54) is 10.9 Å². The predicted molar refractivity (Wildman–Crippen MR) is 35.9 cm³/mol. The van der Waals surface area contributed by atoms with Gasteiger partial charge in [-0.3, -0.25) is 0 Å². The van der Waals surface area contributed by atoms with E-state index in [0.717, 1.165) is 3.93 Å². The molecule has 0 amide bonds. The van der Waals surface area contributed by atoms with Crippen LogP contribution in [-0.4, -0.2) is 21.1 Å². The van der Waals surface area contributed by atoms with Crippen molar-refractivity contribution in [2.24, 2.45) is 0 Å². The van der Waals surface area contributed by atoms with Crippen molar-refractivity contribution in [2.75, 3.05) is 0 Å². The fourth-order valence-electron chi connectivity index (χ4n) is 0.493. The first kappa shape index (κ1) is 7.80. The van der Waals surface area contributed by atoms with Gasteiger partial charge in [-0.2, -0.15) is 0 Å². The molecule has 2 radical (unpaired) electrons. The van der Waals surface area contributed by atoms with Gasteiger partial charge in [-0.25, -0.2) is 0 Å². The average molecular weight is 205 g/mol. The molecule has 0 bridgehead atoms. The molecule has 0 nitrogen and oxygen atoms in total. The van der Waals surface area contributed by atoms with Crippen LogP contribution >= 0.6 is 0 Å². The monoisotopic (exact) mass is 206 g/mol. The molecule has 0 heterocycles. The normalized spacial score (nSPS) is 14.1. The molecule has 0 aliphatic rings. The second kappa shape index (κ2) is 4.95. The third-order valence-electron chi connectivity index (χ3n) is 1.16. The van der Waals surface area contributed by atoms with Gasteiger partial charge in [0.1, 0.15) is 0 Å². The Bertz CT molecular complexity index is 35.2. The van der Waals surface area contributed by atoms with Gasteiger partial charge in [0.05, 0.1) is 0 Å². The van der Waals surface area contributed by atoms with E-state index in [0.29, 0.717) is 0 Å². The van der Waals surface area contributed by atoms with Gasteiger partial charge in [-0.15, -0.1) is 0 Å². The predicted octanol–water partition coefficient (Wildman–Crippen LogP) is 2.35. The zero-order chi connectivity index (χ0) is 5.70. The van der Waals surface area contributed by atoms with Gasteiger partial charge in [0, 0.05) is 0 Å². The zero-order valence-corrected chi connectivity index (χ0v) is 8.35. The average Bonchev–Trinajstić information content (AvgIpc) is 1.68. The van der Waals surface area contributed by atoms with Crippen LogP contribution in [0, 0.1) is 0 Å². The molecule has 0 aromatic heterocycles. The molecular weight excluding hydrogens is 191 g/mol. The number of hydrogen-bond acceptors (Lipinski definition) is 0. The van der Waals surface area contributed by atoms with E-state index >= 15 is 0 Å². The van der Waals surface area contributed by atoms with Crippen molar-refractivity contribution in [3.8, 4) is 0 Å². The molecule has 42 valence electrons. The van der Waals surface area contributed by atoms with Crippen LogP contribution in [0.4, 0.5) is 0 Å². The molecule has 1 unspecified atom stereocenters. The van der Waals surface area contributed by atoms with Gasteiger partial charge in [-0.05, 0) is 0 Å². The molecule has 0 rings (SSSR count). The SMILES string of the molecule is C[CH2][Sn][CH](C)CC. The Hall–Kier alpha value is 0.799. The summed E-state index contributed by atoms with van der Waals surface area (Å²) in [6.45, 7) is 7.00. The molecule has 1 heteroatoms. The molecule has 1 atom stereocenters. The van der Waals surface area contributed by atoms with Crippen LogP contribution in [0.25, 0.3) is 0 Å². The standard InChI is InChI=1S/C4H9.C2H5.Sn/c1-3-4-2;1-2;/h3H,4H2,1-2H3;1H2,2H3;. The first-order valence-electron chi connectivity index (χ1n) is 3.04. The summed E-state index contributed by atoms with van der Waals surface area (Å²) in [6.07, 6.45) is 1.42. The molecule has 0 aromatic carbocycles. The van der Waals surface area contributed by atoms with E-state index in [1.54, 1.807) is 0 Å². The summed E-state index contributed by atoms with van der Waals surface area (Å²) in [5.41, 5.74) is 0. The molecular formula is C6H14Sn. The molecule has 0 aliphatic heterocycles. The van der Waals surface area contributed by atoms with Gasteiger partial charge in [-0.1, -0.05) is 0 Å². The second-order valence-electron chi connectivity index (χ2n) is 1.87. The summed E-state index contributed by atoms with van der Waals surface area (Å²) in [5.74, 6) is 0. The Morgan fingerprint density at radius 2 is 2.00 bits per heavy atom. The summed E-state index contributed by atoms with van der Waals surface area (Å²) in [6, 6.07) is 0. The van der Waals surface area contributed by atoms with Crippen molar-refractivity contribution >= 4 is 21.1 Å². The summed E-state index contributed by atoms with van der Waals surface area (Å²) in [7, 11) is 0. The quantitative estimate of drug-likeness (QED) is 0.620. The topological polar surface area (TPSA) is 0 Å². The van der Waals surface area contributed by atoms with Crippen molar-refractivity contribution in [2.45, 2.75) is 35.6 Å². The van der Waals surface area contributed by atoms with E-state index in [2.05, 4.69) is 20.8 Å². The Labute approximate surface area is 56.9 Å². The molecule has 0 aliphatic carbocycles. The van der Waals surface area contributed by atoms with Crippen molar-refractivity contribution < 1.29 is 0 Å².